The van der Waals surface area contributed by atoms with Gasteiger partial charge in [0.25, 0.3) is 0 Å². The van der Waals surface area contributed by atoms with Crippen LogP contribution < -0.4 is 10.9 Å². The van der Waals surface area contributed by atoms with Crippen LogP contribution in [0.4, 0.5) is 0 Å². The molecule has 6 aromatic carbocycles. The van der Waals surface area contributed by atoms with Crippen molar-refractivity contribution in [3.05, 3.63) is 154 Å². The largest absolute Gasteiger partial charge is 0.456 e. The first-order chi connectivity index (χ1) is 20.6. The van der Waals surface area contributed by atoms with Crippen LogP contribution in [0.1, 0.15) is 0 Å². The number of hydrogen-bond acceptors (Lipinski definition) is 4. The molecule has 8 aromatic rings. The van der Waals surface area contributed by atoms with E-state index >= 15 is 0 Å². The zero-order chi connectivity index (χ0) is 28.2. The second-order valence-corrected chi connectivity index (χ2v) is 10.4. The van der Waals surface area contributed by atoms with E-state index in [-0.39, 0.29) is 10.9 Å². The molecule has 0 saturated heterocycles. The lowest BCUT2D eigenvalue weighted by Gasteiger charge is -2.10. The van der Waals surface area contributed by atoms with Gasteiger partial charge in [0, 0.05) is 0 Å². The van der Waals surface area contributed by atoms with Gasteiger partial charge in [-0.1, -0.05) is 72.8 Å². The maximum absolute atomic E-state index is 13.2. The van der Waals surface area contributed by atoms with Gasteiger partial charge < -0.3 is 8.83 Å². The summed E-state index contributed by atoms with van der Waals surface area (Å²) in [5.41, 5.74) is 8.24. The summed E-state index contributed by atoms with van der Waals surface area (Å²) >= 11 is 0. The molecule has 2 aromatic heterocycles. The SMILES string of the molecule is O=c1c2ccccc2oc2ccc(-c3cccc(-c4cccc(-c5ccc6oc7ccccc7c(=O)c6c5)c4)c3)cc12. The molecule has 0 bridgehead atoms. The third-order valence-electron chi connectivity index (χ3n) is 7.88. The van der Waals surface area contributed by atoms with E-state index in [4.69, 9.17) is 8.83 Å². The highest BCUT2D eigenvalue weighted by Gasteiger charge is 2.12. The van der Waals surface area contributed by atoms with E-state index < -0.39 is 0 Å². The van der Waals surface area contributed by atoms with Gasteiger partial charge in [0.2, 0.25) is 10.9 Å². The van der Waals surface area contributed by atoms with E-state index in [0.29, 0.717) is 43.9 Å². The average molecular weight is 543 g/mol. The Morgan fingerprint density at radius 1 is 0.310 bits per heavy atom. The molecule has 4 nitrogen and oxygen atoms in total. The predicted molar refractivity (Wildman–Crippen MR) is 170 cm³/mol. The summed E-state index contributed by atoms with van der Waals surface area (Å²) in [6.07, 6.45) is 0. The Balaban J connectivity index is 1.19. The molecule has 0 N–H and O–H groups in total. The van der Waals surface area contributed by atoms with E-state index in [1.165, 1.54) is 0 Å². The molecule has 0 amide bonds. The van der Waals surface area contributed by atoms with Gasteiger partial charge in [-0.15, -0.1) is 0 Å². The van der Waals surface area contributed by atoms with Gasteiger partial charge in [-0.05, 0) is 94.0 Å². The molecule has 8 rings (SSSR count). The molecule has 0 fully saturated rings. The third-order valence-corrected chi connectivity index (χ3v) is 7.88. The highest BCUT2D eigenvalue weighted by Crippen LogP contribution is 2.32. The number of rotatable bonds is 3. The maximum atomic E-state index is 13.2. The van der Waals surface area contributed by atoms with Crippen LogP contribution in [0.5, 0.6) is 0 Å². The fourth-order valence-electron chi connectivity index (χ4n) is 5.72. The Morgan fingerprint density at radius 3 is 1.10 bits per heavy atom. The second kappa shape index (κ2) is 9.43. The molecule has 0 aliphatic rings. The van der Waals surface area contributed by atoms with E-state index in [9.17, 15) is 9.59 Å². The first-order valence-electron chi connectivity index (χ1n) is 13.7. The molecule has 0 aliphatic heterocycles. The van der Waals surface area contributed by atoms with Crippen LogP contribution in [0.15, 0.2) is 152 Å². The Bertz CT molecular complexity index is 2290. The molecule has 0 radical (unpaired) electrons. The molecule has 198 valence electrons. The summed E-state index contributed by atoms with van der Waals surface area (Å²) in [6.45, 7) is 0. The van der Waals surface area contributed by atoms with Crippen LogP contribution >= 0.6 is 0 Å². The minimum absolute atomic E-state index is 0.0324. The molecule has 0 saturated carbocycles. The van der Waals surface area contributed by atoms with Crippen molar-refractivity contribution < 1.29 is 8.83 Å². The lowest BCUT2D eigenvalue weighted by Crippen LogP contribution is -2.02. The fraction of sp³-hybridized carbons (Fsp3) is 0. The Kier molecular flexibility index (Phi) is 5.41. The molecule has 2 heterocycles. The van der Waals surface area contributed by atoms with Crippen molar-refractivity contribution in [1.82, 2.24) is 0 Å². The van der Waals surface area contributed by atoms with E-state index in [2.05, 4.69) is 24.3 Å². The van der Waals surface area contributed by atoms with E-state index in [1.807, 2.05) is 97.1 Å². The van der Waals surface area contributed by atoms with Crippen LogP contribution in [0.25, 0.3) is 77.3 Å². The highest BCUT2D eigenvalue weighted by molar-refractivity contribution is 5.94. The van der Waals surface area contributed by atoms with Gasteiger partial charge in [0.15, 0.2) is 0 Å². The van der Waals surface area contributed by atoms with Crippen LogP contribution in [0.2, 0.25) is 0 Å². The average Bonchev–Trinajstić information content (AvgIpc) is 3.05. The van der Waals surface area contributed by atoms with Gasteiger partial charge in [-0.25, -0.2) is 0 Å². The minimum atomic E-state index is -0.0324. The molecule has 4 heteroatoms. The first-order valence-corrected chi connectivity index (χ1v) is 13.7. The number of fused-ring (bicyclic) bond motifs is 4. The summed E-state index contributed by atoms with van der Waals surface area (Å²) in [5.74, 6) is 0. The quantitative estimate of drug-likeness (QED) is 0.209. The zero-order valence-electron chi connectivity index (χ0n) is 22.3. The van der Waals surface area contributed by atoms with E-state index in [0.717, 1.165) is 33.4 Å². The smallest absolute Gasteiger partial charge is 0.200 e. The lowest BCUT2D eigenvalue weighted by atomic mass is 9.95. The monoisotopic (exact) mass is 542 g/mol. The number of hydrogen-bond donors (Lipinski definition) is 0. The molecule has 0 spiro atoms. The standard InChI is InChI=1S/C38H22O4/c39-37-29-11-1-3-13-33(29)41-35-17-15-27(21-31(35)37)25-9-5-7-23(19-25)24-8-6-10-26(20-24)28-16-18-36-32(22-28)38(40)30-12-2-4-14-34(30)42-36/h1-22H. The normalized spacial score (nSPS) is 11.5. The van der Waals surface area contributed by atoms with Gasteiger partial charge >= 0.3 is 0 Å². The molecule has 0 unspecified atom stereocenters. The van der Waals surface area contributed by atoms with Crippen LogP contribution in [-0.4, -0.2) is 0 Å². The number of benzene rings is 6. The van der Waals surface area contributed by atoms with E-state index in [1.54, 1.807) is 12.1 Å². The summed E-state index contributed by atoms with van der Waals surface area (Å²) in [7, 11) is 0. The van der Waals surface area contributed by atoms with Crippen LogP contribution in [0.3, 0.4) is 0 Å². The van der Waals surface area contributed by atoms with Crippen molar-refractivity contribution in [1.29, 1.82) is 0 Å². The van der Waals surface area contributed by atoms with Gasteiger partial charge in [-0.2, -0.15) is 0 Å². The lowest BCUT2D eigenvalue weighted by molar-refractivity contribution is 0.659. The summed E-state index contributed by atoms with van der Waals surface area (Å²) < 4.78 is 12.0. The van der Waals surface area contributed by atoms with Crippen molar-refractivity contribution in [2.24, 2.45) is 0 Å². The van der Waals surface area contributed by atoms with Crippen molar-refractivity contribution in [3.8, 4) is 33.4 Å². The molecule has 42 heavy (non-hydrogen) atoms. The molecular formula is C38H22O4. The number of para-hydroxylation sites is 2. The zero-order valence-corrected chi connectivity index (χ0v) is 22.3. The fourth-order valence-corrected chi connectivity index (χ4v) is 5.72. The van der Waals surface area contributed by atoms with Crippen molar-refractivity contribution >= 4 is 43.9 Å². The highest BCUT2D eigenvalue weighted by atomic mass is 16.3. The molecule has 0 aliphatic carbocycles. The Labute approximate surface area is 239 Å². The predicted octanol–water partition coefficient (Wildman–Crippen LogP) is 9.21. The molecular weight excluding hydrogens is 520 g/mol. The minimum Gasteiger partial charge on any atom is -0.456 e. The van der Waals surface area contributed by atoms with Crippen molar-refractivity contribution in [2.75, 3.05) is 0 Å². The van der Waals surface area contributed by atoms with Crippen molar-refractivity contribution in [3.63, 3.8) is 0 Å². The van der Waals surface area contributed by atoms with Gasteiger partial charge in [0.1, 0.15) is 22.3 Å². The Morgan fingerprint density at radius 2 is 0.667 bits per heavy atom. The van der Waals surface area contributed by atoms with Crippen LogP contribution in [0, 0.1) is 0 Å². The molecule has 0 atom stereocenters. The van der Waals surface area contributed by atoms with Crippen molar-refractivity contribution in [2.45, 2.75) is 0 Å². The van der Waals surface area contributed by atoms with Gasteiger partial charge in [-0.3, -0.25) is 9.59 Å². The summed E-state index contributed by atoms with van der Waals surface area (Å²) in [6, 6.07) is 42.7. The first kappa shape index (κ1) is 24.1. The van der Waals surface area contributed by atoms with Crippen LogP contribution in [-0.2, 0) is 0 Å². The van der Waals surface area contributed by atoms with Gasteiger partial charge in [0.05, 0.1) is 21.5 Å². The second-order valence-electron chi connectivity index (χ2n) is 10.4. The summed E-state index contributed by atoms with van der Waals surface area (Å²) in [4.78, 5) is 26.4. The third kappa shape index (κ3) is 3.93. The topological polar surface area (TPSA) is 60.4 Å². The maximum Gasteiger partial charge on any atom is 0.200 e. The summed E-state index contributed by atoms with van der Waals surface area (Å²) in [5, 5.41) is 2.28. The Hall–Kier alpha value is -5.74.